The first kappa shape index (κ1) is 23.2. The van der Waals surface area contributed by atoms with Gasteiger partial charge < -0.3 is 19.5 Å². The molecule has 1 aromatic heterocycles. The maximum Gasteiger partial charge on any atom is 0.341 e. The summed E-state index contributed by atoms with van der Waals surface area (Å²) in [5.74, 6) is -3.59. The van der Waals surface area contributed by atoms with Gasteiger partial charge in [0.25, 0.3) is 0 Å². The normalized spacial score (nSPS) is 21.5. The number of carboxylic acids is 1. The predicted molar refractivity (Wildman–Crippen MR) is 118 cm³/mol. The zero-order valence-electron chi connectivity index (χ0n) is 18.9. The molecule has 0 saturated heterocycles. The molecule has 4 rings (SSSR count). The van der Waals surface area contributed by atoms with Gasteiger partial charge in [-0.15, -0.1) is 0 Å². The number of alkyl halides is 1. The number of rotatable bonds is 5. The van der Waals surface area contributed by atoms with Crippen molar-refractivity contribution in [3.05, 3.63) is 59.3 Å². The van der Waals surface area contributed by atoms with Crippen LogP contribution in [0, 0.1) is 11.6 Å². The third-order valence-corrected chi connectivity index (χ3v) is 6.57. The molecule has 0 bridgehead atoms. The van der Waals surface area contributed by atoms with Crippen LogP contribution in [-0.2, 0) is 20.5 Å². The molecule has 8 heteroatoms. The lowest BCUT2D eigenvalue weighted by atomic mass is 9.76. The highest BCUT2D eigenvalue weighted by molar-refractivity contribution is 5.94. The lowest BCUT2D eigenvalue weighted by molar-refractivity contribution is -0.151. The lowest BCUT2D eigenvalue weighted by Crippen LogP contribution is -2.43. The molecule has 0 aliphatic carbocycles. The molecule has 2 N–H and O–H groups in total. The number of aliphatic carboxylic acids is 1. The van der Waals surface area contributed by atoms with Crippen LogP contribution in [0.2, 0.25) is 0 Å². The Morgan fingerprint density at radius 3 is 2.52 bits per heavy atom. The van der Waals surface area contributed by atoms with E-state index in [0.717, 1.165) is 19.1 Å². The fourth-order valence-corrected chi connectivity index (χ4v) is 4.63. The van der Waals surface area contributed by atoms with E-state index in [1.165, 1.54) is 12.1 Å². The highest BCUT2D eigenvalue weighted by Crippen LogP contribution is 2.51. The predicted octanol–water partition coefficient (Wildman–Crippen LogP) is 5.73. The highest BCUT2D eigenvalue weighted by Gasteiger charge is 2.47. The second kappa shape index (κ2) is 7.52. The van der Waals surface area contributed by atoms with Crippen LogP contribution in [0.5, 0.6) is 5.75 Å². The van der Waals surface area contributed by atoms with Crippen LogP contribution in [0.3, 0.4) is 0 Å². The van der Waals surface area contributed by atoms with E-state index in [2.05, 4.69) is 0 Å². The van der Waals surface area contributed by atoms with Crippen molar-refractivity contribution in [1.29, 1.82) is 0 Å². The standard InChI is InChI=1S/C25H26F3NO4/c1-23(2)13-33-25(4,11-10-24(3,28)22(31)32)20-19-17(6-5-7-18(19)30)29(21(20)23)14-8-9-15(26)16(27)12-14/h5-9,12,30H,10-11,13H2,1-4H3,(H,31,32)/t24?,25-/m1/s1. The quantitative estimate of drug-likeness (QED) is 0.509. The molecular weight excluding hydrogens is 435 g/mol. The third-order valence-electron chi connectivity index (χ3n) is 6.57. The van der Waals surface area contributed by atoms with Crippen molar-refractivity contribution in [3.63, 3.8) is 0 Å². The Bertz CT molecular complexity index is 1260. The van der Waals surface area contributed by atoms with Gasteiger partial charge in [-0.1, -0.05) is 19.9 Å². The van der Waals surface area contributed by atoms with E-state index >= 15 is 0 Å². The molecule has 0 amide bonds. The van der Waals surface area contributed by atoms with E-state index in [4.69, 9.17) is 4.74 Å². The molecule has 2 heterocycles. The van der Waals surface area contributed by atoms with Gasteiger partial charge in [0.05, 0.1) is 17.7 Å². The van der Waals surface area contributed by atoms with Crippen molar-refractivity contribution in [2.45, 2.75) is 57.2 Å². The van der Waals surface area contributed by atoms with Crippen molar-refractivity contribution < 1.29 is 32.9 Å². The molecule has 33 heavy (non-hydrogen) atoms. The van der Waals surface area contributed by atoms with Crippen molar-refractivity contribution >= 4 is 16.9 Å². The summed E-state index contributed by atoms with van der Waals surface area (Å²) >= 11 is 0. The number of carboxylic acid groups (broad SMARTS) is 1. The Morgan fingerprint density at radius 1 is 1.18 bits per heavy atom. The minimum absolute atomic E-state index is 0.0284. The van der Waals surface area contributed by atoms with Crippen molar-refractivity contribution in [3.8, 4) is 11.4 Å². The average molecular weight is 461 g/mol. The van der Waals surface area contributed by atoms with Crippen LogP contribution in [0.1, 0.15) is 51.8 Å². The van der Waals surface area contributed by atoms with E-state index in [1.54, 1.807) is 23.6 Å². The maximum atomic E-state index is 14.6. The molecule has 2 aromatic carbocycles. The summed E-state index contributed by atoms with van der Waals surface area (Å²) in [6.07, 6.45) is -0.287. The van der Waals surface area contributed by atoms with E-state index in [0.29, 0.717) is 27.8 Å². The van der Waals surface area contributed by atoms with Crippen LogP contribution >= 0.6 is 0 Å². The van der Waals surface area contributed by atoms with Gasteiger partial charge in [-0.2, -0.15) is 0 Å². The summed E-state index contributed by atoms with van der Waals surface area (Å²) in [5.41, 5.74) is -2.00. The number of phenols is 1. The molecule has 0 fully saturated rings. The largest absolute Gasteiger partial charge is 0.507 e. The Kier molecular flexibility index (Phi) is 5.28. The number of nitrogens with zero attached hydrogens (tertiary/aromatic N) is 1. The van der Waals surface area contributed by atoms with Gasteiger partial charge in [-0.05, 0) is 51.0 Å². The minimum Gasteiger partial charge on any atom is -0.507 e. The molecule has 0 spiro atoms. The molecule has 2 atom stereocenters. The molecule has 0 radical (unpaired) electrons. The van der Waals surface area contributed by atoms with Gasteiger partial charge in [0.2, 0.25) is 5.67 Å². The number of phenolic OH excluding ortho intramolecular Hbond substituents is 1. The van der Waals surface area contributed by atoms with Crippen molar-refractivity contribution in [2.75, 3.05) is 6.61 Å². The number of carbonyl (C=O) groups is 1. The van der Waals surface area contributed by atoms with Gasteiger partial charge in [0.1, 0.15) is 5.75 Å². The number of ether oxygens (including phenoxy) is 1. The summed E-state index contributed by atoms with van der Waals surface area (Å²) in [7, 11) is 0. The summed E-state index contributed by atoms with van der Waals surface area (Å²) in [5, 5.41) is 20.5. The number of halogens is 3. The zero-order chi connectivity index (χ0) is 24.3. The minimum atomic E-state index is -2.46. The first-order valence-corrected chi connectivity index (χ1v) is 10.7. The van der Waals surface area contributed by atoms with Gasteiger partial charge in [0.15, 0.2) is 11.6 Å². The first-order chi connectivity index (χ1) is 15.3. The summed E-state index contributed by atoms with van der Waals surface area (Å²) < 4.78 is 50.5. The van der Waals surface area contributed by atoms with E-state index < -0.39 is 34.3 Å². The third kappa shape index (κ3) is 3.66. The van der Waals surface area contributed by atoms with Crippen LogP contribution in [-0.4, -0.2) is 33.0 Å². The van der Waals surface area contributed by atoms with Crippen LogP contribution in [0.15, 0.2) is 36.4 Å². The molecule has 3 aromatic rings. The van der Waals surface area contributed by atoms with Crippen molar-refractivity contribution in [1.82, 2.24) is 4.57 Å². The fraction of sp³-hybridized carbons (Fsp3) is 0.400. The first-order valence-electron chi connectivity index (χ1n) is 10.7. The molecular formula is C25H26F3NO4. The lowest BCUT2D eigenvalue weighted by Gasteiger charge is -2.43. The van der Waals surface area contributed by atoms with Gasteiger partial charge in [-0.25, -0.2) is 18.0 Å². The number of benzene rings is 2. The average Bonchev–Trinajstić information content (AvgIpc) is 3.11. The second-order valence-electron chi connectivity index (χ2n) is 9.73. The number of aromatic nitrogens is 1. The SMILES string of the molecule is CC(F)(CC[C@@]1(C)OCC(C)(C)c2c1c1c(O)cccc1n2-c1ccc(F)c(F)c1)C(=O)O. The highest BCUT2D eigenvalue weighted by atomic mass is 19.2. The summed E-state index contributed by atoms with van der Waals surface area (Å²) in [4.78, 5) is 11.3. The van der Waals surface area contributed by atoms with Gasteiger partial charge >= 0.3 is 5.97 Å². The second-order valence-corrected chi connectivity index (χ2v) is 9.73. The Labute approximate surface area is 189 Å². The Morgan fingerprint density at radius 2 is 1.88 bits per heavy atom. The number of aromatic hydroxyl groups is 1. The van der Waals surface area contributed by atoms with E-state index in [1.807, 2.05) is 13.8 Å². The number of fused-ring (bicyclic) bond motifs is 3. The van der Waals surface area contributed by atoms with Gasteiger partial charge in [-0.3, -0.25) is 0 Å². The molecule has 176 valence electrons. The van der Waals surface area contributed by atoms with Crippen LogP contribution < -0.4 is 0 Å². The Hall–Kier alpha value is -3.00. The number of hydrogen-bond acceptors (Lipinski definition) is 3. The maximum absolute atomic E-state index is 14.6. The molecule has 5 nitrogen and oxygen atoms in total. The molecule has 1 aliphatic rings. The zero-order valence-corrected chi connectivity index (χ0v) is 18.9. The summed E-state index contributed by atoms with van der Waals surface area (Å²) in [6.45, 7) is 6.81. The fourth-order valence-electron chi connectivity index (χ4n) is 4.63. The molecule has 1 aliphatic heterocycles. The Balaban J connectivity index is 2.03. The van der Waals surface area contributed by atoms with Crippen molar-refractivity contribution in [2.24, 2.45) is 0 Å². The molecule has 1 unspecified atom stereocenters. The van der Waals surface area contributed by atoms with Gasteiger partial charge in [0, 0.05) is 33.8 Å². The van der Waals surface area contributed by atoms with E-state index in [9.17, 15) is 28.2 Å². The van der Waals surface area contributed by atoms with E-state index in [-0.39, 0.29) is 25.2 Å². The summed E-state index contributed by atoms with van der Waals surface area (Å²) in [6, 6.07) is 8.49. The molecule has 0 saturated carbocycles. The monoisotopic (exact) mass is 461 g/mol. The topological polar surface area (TPSA) is 71.7 Å². The van der Waals surface area contributed by atoms with Crippen LogP contribution in [0.4, 0.5) is 13.2 Å². The number of hydrogen-bond donors (Lipinski definition) is 2. The smallest absolute Gasteiger partial charge is 0.341 e. The van der Waals surface area contributed by atoms with Crippen LogP contribution in [0.25, 0.3) is 16.6 Å².